The smallest absolute Gasteiger partial charge is 0.330 e. The van der Waals surface area contributed by atoms with Gasteiger partial charge in [-0.1, -0.05) is 12.1 Å². The number of aryl methyl sites for hydroxylation is 1. The summed E-state index contributed by atoms with van der Waals surface area (Å²) in [6, 6.07) is 5.33. The number of aromatic hydroxyl groups is 1. The topological polar surface area (TPSA) is 119 Å². The molecule has 0 aliphatic carbocycles. The molecular formula is C15H14N2O5. The van der Waals surface area contributed by atoms with E-state index in [1.807, 2.05) is 0 Å². The molecule has 114 valence electrons. The molecule has 1 heterocycles. The van der Waals surface area contributed by atoms with E-state index in [-0.39, 0.29) is 16.9 Å². The van der Waals surface area contributed by atoms with E-state index in [1.165, 1.54) is 36.5 Å². The van der Waals surface area contributed by atoms with Crippen molar-refractivity contribution in [1.82, 2.24) is 10.3 Å². The van der Waals surface area contributed by atoms with E-state index in [0.717, 1.165) is 0 Å². The molecule has 7 nitrogen and oxygen atoms in total. The Kier molecular flexibility index (Phi) is 4.26. The number of carboxylic acid groups (broad SMARTS) is 1. The molecular weight excluding hydrogens is 288 g/mol. The normalized spacial score (nSPS) is 11.7. The van der Waals surface area contributed by atoms with Crippen molar-refractivity contribution in [2.45, 2.75) is 13.0 Å². The van der Waals surface area contributed by atoms with Gasteiger partial charge in [0, 0.05) is 18.0 Å². The lowest BCUT2D eigenvalue weighted by Crippen LogP contribution is -2.36. The number of aliphatic carboxylic acids is 1. The Bertz CT molecular complexity index is 764. The average molecular weight is 302 g/mol. The molecule has 0 saturated heterocycles. The third-order valence-corrected chi connectivity index (χ3v) is 3.05. The number of nitrogens with one attached hydrogen (secondary N) is 2. The zero-order chi connectivity index (χ0) is 16.3. The highest BCUT2D eigenvalue weighted by Gasteiger charge is 2.23. The second-order valence-electron chi connectivity index (χ2n) is 4.73. The maximum absolute atomic E-state index is 12.1. The van der Waals surface area contributed by atoms with Gasteiger partial charge in [0.2, 0.25) is 0 Å². The Morgan fingerprint density at radius 3 is 2.41 bits per heavy atom. The summed E-state index contributed by atoms with van der Waals surface area (Å²) in [5, 5.41) is 20.7. The fourth-order valence-electron chi connectivity index (χ4n) is 1.91. The van der Waals surface area contributed by atoms with Crippen molar-refractivity contribution in [3.8, 4) is 5.75 Å². The molecule has 1 atom stereocenters. The van der Waals surface area contributed by atoms with Crippen LogP contribution in [0.1, 0.15) is 27.7 Å². The van der Waals surface area contributed by atoms with Gasteiger partial charge in [0.05, 0.1) is 0 Å². The Morgan fingerprint density at radius 1 is 1.23 bits per heavy atom. The molecule has 4 N–H and O–H groups in total. The van der Waals surface area contributed by atoms with Crippen molar-refractivity contribution in [3.05, 3.63) is 63.6 Å². The fourth-order valence-corrected chi connectivity index (χ4v) is 1.91. The third-order valence-electron chi connectivity index (χ3n) is 3.05. The Labute approximate surface area is 125 Å². The van der Waals surface area contributed by atoms with E-state index in [9.17, 15) is 24.6 Å². The van der Waals surface area contributed by atoms with Gasteiger partial charge in [-0.25, -0.2) is 4.79 Å². The number of pyridine rings is 1. The van der Waals surface area contributed by atoms with Gasteiger partial charge in [0.1, 0.15) is 11.3 Å². The number of phenolic OH excluding ortho intramolecular Hbond substituents is 1. The standard InChI is InChI=1S/C15H14N2O5/c1-8-6-12(19)11(7-16-8)14(20)17-13(15(21)22)9-2-4-10(18)5-3-9/h2-7,13,18H,1H3,(H,16,19)(H,17,20)(H,21,22)/t13-/m0/s1. The molecule has 2 aromatic rings. The number of benzene rings is 1. The largest absolute Gasteiger partial charge is 0.508 e. The highest BCUT2D eigenvalue weighted by molar-refractivity contribution is 5.96. The van der Waals surface area contributed by atoms with E-state index < -0.39 is 23.3 Å². The first-order chi connectivity index (χ1) is 10.4. The quantitative estimate of drug-likeness (QED) is 0.670. The first-order valence-electron chi connectivity index (χ1n) is 6.40. The molecule has 7 heteroatoms. The molecule has 22 heavy (non-hydrogen) atoms. The molecule has 0 spiro atoms. The number of aromatic amines is 1. The van der Waals surface area contributed by atoms with E-state index in [0.29, 0.717) is 5.69 Å². The molecule has 0 unspecified atom stereocenters. The van der Waals surface area contributed by atoms with Crippen LogP contribution in [0, 0.1) is 6.92 Å². The molecule has 0 aliphatic heterocycles. The first-order valence-corrected chi connectivity index (χ1v) is 6.40. The molecule has 0 fully saturated rings. The molecule has 0 aliphatic rings. The zero-order valence-corrected chi connectivity index (χ0v) is 11.7. The zero-order valence-electron chi connectivity index (χ0n) is 11.7. The van der Waals surface area contributed by atoms with Crippen LogP contribution in [0.5, 0.6) is 5.75 Å². The minimum Gasteiger partial charge on any atom is -0.508 e. The monoisotopic (exact) mass is 302 g/mol. The van der Waals surface area contributed by atoms with Crippen molar-refractivity contribution in [3.63, 3.8) is 0 Å². The van der Waals surface area contributed by atoms with Crippen LogP contribution in [-0.2, 0) is 4.79 Å². The van der Waals surface area contributed by atoms with Gasteiger partial charge >= 0.3 is 5.97 Å². The van der Waals surface area contributed by atoms with Gasteiger partial charge in [-0.15, -0.1) is 0 Å². The maximum atomic E-state index is 12.1. The minimum absolute atomic E-state index is 0.0193. The van der Waals surface area contributed by atoms with Crippen LogP contribution in [0.2, 0.25) is 0 Å². The SMILES string of the molecule is Cc1cc(=O)c(C(=O)N[C@H](C(=O)O)c2ccc(O)cc2)c[nH]1. The molecule has 2 rings (SSSR count). The Morgan fingerprint density at radius 2 is 1.86 bits per heavy atom. The average Bonchev–Trinajstić information content (AvgIpc) is 2.45. The number of hydrogen-bond donors (Lipinski definition) is 4. The van der Waals surface area contributed by atoms with E-state index in [2.05, 4.69) is 10.3 Å². The molecule has 0 saturated carbocycles. The number of carbonyl (C=O) groups is 2. The summed E-state index contributed by atoms with van der Waals surface area (Å²) < 4.78 is 0. The number of carbonyl (C=O) groups excluding carboxylic acids is 1. The third kappa shape index (κ3) is 3.32. The van der Waals surface area contributed by atoms with Crippen LogP contribution in [-0.4, -0.2) is 27.1 Å². The minimum atomic E-state index is -1.33. The number of carboxylic acids is 1. The summed E-state index contributed by atoms with van der Waals surface area (Å²) in [6.45, 7) is 1.67. The highest BCUT2D eigenvalue weighted by Crippen LogP contribution is 2.17. The number of amides is 1. The predicted molar refractivity (Wildman–Crippen MR) is 77.7 cm³/mol. The van der Waals surface area contributed by atoms with Gasteiger partial charge in [0.25, 0.3) is 5.91 Å². The van der Waals surface area contributed by atoms with Gasteiger partial charge in [-0.3, -0.25) is 9.59 Å². The summed E-state index contributed by atoms with van der Waals surface area (Å²) in [5.74, 6) is -2.08. The van der Waals surface area contributed by atoms with Crippen LogP contribution in [0.25, 0.3) is 0 Å². The van der Waals surface area contributed by atoms with Gasteiger partial charge in [-0.2, -0.15) is 0 Å². The maximum Gasteiger partial charge on any atom is 0.330 e. The lowest BCUT2D eigenvalue weighted by atomic mass is 10.1. The predicted octanol–water partition coefficient (Wildman–Crippen LogP) is 0.945. The second kappa shape index (κ2) is 6.13. The summed E-state index contributed by atoms with van der Waals surface area (Å²) in [4.78, 5) is 37.9. The highest BCUT2D eigenvalue weighted by atomic mass is 16.4. The number of phenols is 1. The van der Waals surface area contributed by atoms with E-state index in [1.54, 1.807) is 6.92 Å². The van der Waals surface area contributed by atoms with Crippen LogP contribution in [0.3, 0.4) is 0 Å². The number of aromatic nitrogens is 1. The van der Waals surface area contributed by atoms with Crippen LogP contribution >= 0.6 is 0 Å². The summed E-state index contributed by atoms with van der Waals surface area (Å²) in [7, 11) is 0. The van der Waals surface area contributed by atoms with Gasteiger partial charge < -0.3 is 20.5 Å². The number of hydrogen-bond acceptors (Lipinski definition) is 4. The van der Waals surface area contributed by atoms with Crippen molar-refractivity contribution >= 4 is 11.9 Å². The Hall–Kier alpha value is -3.09. The van der Waals surface area contributed by atoms with Crippen molar-refractivity contribution < 1.29 is 19.8 Å². The molecule has 0 radical (unpaired) electrons. The fraction of sp³-hybridized carbons (Fsp3) is 0.133. The lowest BCUT2D eigenvalue weighted by molar-refractivity contribution is -0.139. The summed E-state index contributed by atoms with van der Waals surface area (Å²) in [6.07, 6.45) is 1.24. The second-order valence-corrected chi connectivity index (χ2v) is 4.73. The van der Waals surface area contributed by atoms with E-state index >= 15 is 0 Å². The molecule has 1 aromatic carbocycles. The summed E-state index contributed by atoms with van der Waals surface area (Å²) >= 11 is 0. The van der Waals surface area contributed by atoms with E-state index in [4.69, 9.17) is 0 Å². The first kappa shape index (κ1) is 15.3. The van der Waals surface area contributed by atoms with Gasteiger partial charge in [0.15, 0.2) is 11.5 Å². The molecule has 1 aromatic heterocycles. The van der Waals surface area contributed by atoms with Crippen molar-refractivity contribution in [1.29, 1.82) is 0 Å². The van der Waals surface area contributed by atoms with Crippen LogP contribution < -0.4 is 10.7 Å². The number of rotatable bonds is 4. The van der Waals surface area contributed by atoms with Crippen LogP contribution in [0.4, 0.5) is 0 Å². The molecule has 1 amide bonds. The van der Waals surface area contributed by atoms with Crippen molar-refractivity contribution in [2.24, 2.45) is 0 Å². The van der Waals surface area contributed by atoms with Gasteiger partial charge in [-0.05, 0) is 24.6 Å². The molecule has 0 bridgehead atoms. The van der Waals surface area contributed by atoms with Crippen molar-refractivity contribution in [2.75, 3.05) is 0 Å². The Balaban J connectivity index is 2.28. The summed E-state index contributed by atoms with van der Waals surface area (Å²) in [5.41, 5.74) is 0.205. The number of H-pyrrole nitrogens is 1. The lowest BCUT2D eigenvalue weighted by Gasteiger charge is -2.14. The van der Waals surface area contributed by atoms with Crippen LogP contribution in [0.15, 0.2) is 41.3 Å².